The molecule has 0 aliphatic carbocycles. The molecule has 2 aliphatic heterocycles. The average molecular weight is 442 g/mol. The van der Waals surface area contributed by atoms with Crippen LogP contribution in [0.3, 0.4) is 0 Å². The Balaban J connectivity index is 1.29. The molecule has 156 valence electrons. The predicted octanol–water partition coefficient (Wildman–Crippen LogP) is 4.18. The summed E-state index contributed by atoms with van der Waals surface area (Å²) in [6.07, 6.45) is 3.62. The van der Waals surface area contributed by atoms with Crippen molar-refractivity contribution in [2.45, 2.75) is 30.1 Å². The molecule has 1 saturated heterocycles. The minimum Gasteiger partial charge on any atom is -0.492 e. The Morgan fingerprint density at radius 3 is 2.60 bits per heavy atom. The molecule has 0 saturated carbocycles. The first-order valence-electron chi connectivity index (χ1n) is 9.97. The lowest BCUT2D eigenvalue weighted by Crippen LogP contribution is -2.43. The Morgan fingerprint density at radius 2 is 1.90 bits per heavy atom. The Bertz CT molecular complexity index is 1150. The van der Waals surface area contributed by atoms with Gasteiger partial charge < -0.3 is 9.64 Å². The Morgan fingerprint density at radius 1 is 1.13 bits per heavy atom. The number of piperidine rings is 1. The van der Waals surface area contributed by atoms with E-state index in [4.69, 9.17) is 4.74 Å². The van der Waals surface area contributed by atoms with E-state index < -0.39 is 10.0 Å². The summed E-state index contributed by atoms with van der Waals surface area (Å²) in [4.78, 5) is 6.55. The van der Waals surface area contributed by atoms with Gasteiger partial charge in [-0.05, 0) is 50.1 Å². The summed E-state index contributed by atoms with van der Waals surface area (Å²) in [5, 5.41) is 2.11. The second-order valence-electron chi connectivity index (χ2n) is 7.99. The highest BCUT2D eigenvalue weighted by atomic mass is 32.2. The van der Waals surface area contributed by atoms with Gasteiger partial charge in [-0.3, -0.25) is 4.72 Å². The maximum atomic E-state index is 12.5. The van der Waals surface area contributed by atoms with Crippen LogP contribution in [0, 0.1) is 6.92 Å². The first-order valence-corrected chi connectivity index (χ1v) is 12.3. The molecule has 3 heterocycles. The van der Waals surface area contributed by atoms with Crippen molar-refractivity contribution in [2.24, 2.45) is 0 Å². The summed E-state index contributed by atoms with van der Waals surface area (Å²) < 4.78 is 33.6. The SMILES string of the molecule is Cc1ccc2c(c1)C1(CCN(c3ccc(S(=O)(=O)Nc4nccs4)cc3)CC1)CO2. The van der Waals surface area contributed by atoms with Crippen molar-refractivity contribution in [1.29, 1.82) is 0 Å². The molecule has 1 aromatic heterocycles. The van der Waals surface area contributed by atoms with Crippen molar-refractivity contribution < 1.29 is 13.2 Å². The lowest BCUT2D eigenvalue weighted by atomic mass is 9.74. The van der Waals surface area contributed by atoms with E-state index in [2.05, 4.69) is 39.7 Å². The fourth-order valence-corrected chi connectivity index (χ4v) is 6.16. The Hall–Kier alpha value is -2.58. The van der Waals surface area contributed by atoms with Crippen LogP contribution in [0.2, 0.25) is 0 Å². The number of aryl methyl sites for hydroxylation is 1. The second kappa shape index (κ2) is 7.28. The van der Waals surface area contributed by atoms with Gasteiger partial charge in [0.1, 0.15) is 5.75 Å². The normalized spacial score (nSPS) is 17.6. The number of fused-ring (bicyclic) bond motifs is 2. The highest BCUT2D eigenvalue weighted by Gasteiger charge is 2.43. The summed E-state index contributed by atoms with van der Waals surface area (Å²) in [7, 11) is -3.62. The fraction of sp³-hybridized carbons (Fsp3) is 0.318. The third-order valence-corrected chi connectivity index (χ3v) is 8.27. The monoisotopic (exact) mass is 441 g/mol. The molecular formula is C22H23N3O3S2. The smallest absolute Gasteiger partial charge is 0.263 e. The largest absolute Gasteiger partial charge is 0.492 e. The van der Waals surface area contributed by atoms with Crippen LogP contribution in [0.25, 0.3) is 0 Å². The summed E-state index contributed by atoms with van der Waals surface area (Å²) in [5.41, 5.74) is 3.75. The zero-order chi connectivity index (χ0) is 20.8. The zero-order valence-electron chi connectivity index (χ0n) is 16.7. The number of thiazole rings is 1. The van der Waals surface area contributed by atoms with Crippen LogP contribution in [0.1, 0.15) is 24.0 Å². The molecule has 0 amide bonds. The molecule has 5 rings (SSSR count). The molecule has 0 unspecified atom stereocenters. The number of sulfonamides is 1. The van der Waals surface area contributed by atoms with Gasteiger partial charge in [0.25, 0.3) is 10.0 Å². The molecule has 3 aromatic rings. The highest BCUT2D eigenvalue weighted by Crippen LogP contribution is 2.46. The van der Waals surface area contributed by atoms with E-state index in [1.54, 1.807) is 23.7 Å². The molecule has 1 spiro atoms. The molecule has 6 nitrogen and oxygen atoms in total. The van der Waals surface area contributed by atoms with Crippen LogP contribution in [-0.4, -0.2) is 33.1 Å². The first kappa shape index (κ1) is 19.4. The van der Waals surface area contributed by atoms with Gasteiger partial charge in [-0.15, -0.1) is 11.3 Å². The molecule has 8 heteroatoms. The molecule has 1 N–H and O–H groups in total. The molecule has 1 fully saturated rings. The summed E-state index contributed by atoms with van der Waals surface area (Å²) in [6, 6.07) is 13.6. The van der Waals surface area contributed by atoms with Crippen LogP contribution in [0.15, 0.2) is 58.9 Å². The van der Waals surface area contributed by atoms with Gasteiger partial charge in [-0.1, -0.05) is 17.7 Å². The van der Waals surface area contributed by atoms with Gasteiger partial charge in [0.15, 0.2) is 5.13 Å². The summed E-state index contributed by atoms with van der Waals surface area (Å²) >= 11 is 1.26. The number of rotatable bonds is 4. The van der Waals surface area contributed by atoms with E-state index in [-0.39, 0.29) is 10.3 Å². The molecular weight excluding hydrogens is 418 g/mol. The van der Waals surface area contributed by atoms with Crippen LogP contribution in [0.4, 0.5) is 10.8 Å². The lowest BCUT2D eigenvalue weighted by Gasteiger charge is -2.39. The van der Waals surface area contributed by atoms with Gasteiger partial charge in [-0.2, -0.15) is 0 Å². The van der Waals surface area contributed by atoms with Crippen molar-refractivity contribution in [2.75, 3.05) is 29.3 Å². The summed E-state index contributed by atoms with van der Waals surface area (Å²) in [5.74, 6) is 1.02. The van der Waals surface area contributed by atoms with Crippen LogP contribution < -0.4 is 14.4 Å². The van der Waals surface area contributed by atoms with Gasteiger partial charge >= 0.3 is 0 Å². The first-order chi connectivity index (χ1) is 14.5. The number of nitrogens with zero attached hydrogens (tertiary/aromatic N) is 2. The van der Waals surface area contributed by atoms with Gasteiger partial charge in [0.2, 0.25) is 0 Å². The standard InChI is InChI=1S/C22H23N3O3S2/c1-16-2-7-20-19(14-16)22(15-28-20)8-11-25(12-9-22)17-3-5-18(6-4-17)30(26,27)24-21-23-10-13-29-21/h2-7,10,13-14H,8-9,11-12,15H2,1H3,(H,23,24). The van der Waals surface area contributed by atoms with E-state index in [1.165, 1.54) is 22.5 Å². The van der Waals surface area contributed by atoms with E-state index in [9.17, 15) is 8.42 Å². The van der Waals surface area contributed by atoms with E-state index >= 15 is 0 Å². The Labute approximate surface area is 180 Å². The topological polar surface area (TPSA) is 71.5 Å². The number of hydrogen-bond donors (Lipinski definition) is 1. The number of ether oxygens (including phenoxy) is 1. The van der Waals surface area contributed by atoms with E-state index in [0.717, 1.165) is 44.0 Å². The minimum atomic E-state index is -3.62. The molecule has 0 atom stereocenters. The maximum Gasteiger partial charge on any atom is 0.263 e. The number of anilines is 2. The number of hydrogen-bond acceptors (Lipinski definition) is 6. The van der Waals surface area contributed by atoms with Crippen molar-refractivity contribution in [3.8, 4) is 5.75 Å². The zero-order valence-corrected chi connectivity index (χ0v) is 18.3. The number of nitrogens with one attached hydrogen (secondary N) is 1. The van der Waals surface area contributed by atoms with Gasteiger partial charge in [0.05, 0.1) is 11.5 Å². The fourth-order valence-electron chi connectivity index (χ4n) is 4.37. The minimum absolute atomic E-state index is 0.0960. The Kier molecular flexibility index (Phi) is 4.71. The lowest BCUT2D eigenvalue weighted by molar-refractivity contribution is 0.230. The van der Waals surface area contributed by atoms with Gasteiger partial charge in [0, 0.05) is 41.3 Å². The van der Waals surface area contributed by atoms with E-state index in [1.807, 2.05) is 12.1 Å². The van der Waals surface area contributed by atoms with Crippen molar-refractivity contribution in [1.82, 2.24) is 4.98 Å². The molecule has 30 heavy (non-hydrogen) atoms. The number of aromatic nitrogens is 1. The maximum absolute atomic E-state index is 12.5. The highest BCUT2D eigenvalue weighted by molar-refractivity contribution is 7.93. The van der Waals surface area contributed by atoms with Gasteiger partial charge in [-0.25, -0.2) is 13.4 Å². The predicted molar refractivity (Wildman–Crippen MR) is 119 cm³/mol. The number of benzene rings is 2. The van der Waals surface area contributed by atoms with Crippen molar-refractivity contribution in [3.05, 3.63) is 65.2 Å². The van der Waals surface area contributed by atoms with Crippen LogP contribution in [-0.2, 0) is 15.4 Å². The molecule has 0 radical (unpaired) electrons. The third kappa shape index (κ3) is 3.44. The summed E-state index contributed by atoms with van der Waals surface area (Å²) in [6.45, 7) is 4.71. The molecule has 0 bridgehead atoms. The van der Waals surface area contributed by atoms with Crippen molar-refractivity contribution >= 4 is 32.2 Å². The quantitative estimate of drug-likeness (QED) is 0.658. The molecule has 2 aromatic carbocycles. The van der Waals surface area contributed by atoms with Crippen LogP contribution in [0.5, 0.6) is 5.75 Å². The van der Waals surface area contributed by atoms with Crippen LogP contribution >= 0.6 is 11.3 Å². The third-order valence-electron chi connectivity index (χ3n) is 6.10. The van der Waals surface area contributed by atoms with E-state index in [0.29, 0.717) is 5.13 Å². The average Bonchev–Trinajstić information content (AvgIpc) is 3.37. The molecule has 2 aliphatic rings. The van der Waals surface area contributed by atoms with Crippen molar-refractivity contribution in [3.63, 3.8) is 0 Å². The second-order valence-corrected chi connectivity index (χ2v) is 10.6.